The van der Waals surface area contributed by atoms with E-state index in [1.165, 1.54) is 7.11 Å². The van der Waals surface area contributed by atoms with Gasteiger partial charge in [0.2, 0.25) is 11.9 Å². The van der Waals surface area contributed by atoms with Gasteiger partial charge in [-0.3, -0.25) is 4.79 Å². The van der Waals surface area contributed by atoms with Crippen LogP contribution in [0.25, 0.3) is 0 Å². The predicted octanol–water partition coefficient (Wildman–Crippen LogP) is 2.65. The van der Waals surface area contributed by atoms with Crippen LogP contribution in [0, 0.1) is 5.92 Å². The molecule has 0 atom stereocenters. The molecule has 138 valence electrons. The quantitative estimate of drug-likeness (QED) is 0.794. The van der Waals surface area contributed by atoms with Gasteiger partial charge in [0.1, 0.15) is 12.4 Å². The zero-order valence-electron chi connectivity index (χ0n) is 15.0. The summed E-state index contributed by atoms with van der Waals surface area (Å²) in [6, 6.07) is 7.68. The maximum absolute atomic E-state index is 11.5. The van der Waals surface area contributed by atoms with Crippen molar-refractivity contribution >= 4 is 17.7 Å². The highest BCUT2D eigenvalue weighted by Crippen LogP contribution is 2.34. The molecule has 7 nitrogen and oxygen atoms in total. The number of carbonyl (C=O) groups is 1. The first-order valence-corrected chi connectivity index (χ1v) is 9.01. The molecule has 0 bridgehead atoms. The lowest BCUT2D eigenvalue weighted by Gasteiger charge is -2.28. The Bertz CT molecular complexity index is 702. The van der Waals surface area contributed by atoms with Crippen LogP contribution < -0.4 is 10.6 Å². The van der Waals surface area contributed by atoms with Crippen LogP contribution in [0.1, 0.15) is 37.3 Å². The van der Waals surface area contributed by atoms with Gasteiger partial charge in [-0.2, -0.15) is 0 Å². The fraction of sp³-hybridized carbons (Fsp3) is 0.474. The Balaban J connectivity index is 1.51. The fourth-order valence-corrected chi connectivity index (χ4v) is 3.31. The maximum atomic E-state index is 11.5. The van der Waals surface area contributed by atoms with Crippen molar-refractivity contribution in [1.82, 2.24) is 20.3 Å². The third kappa shape index (κ3) is 5.23. The van der Waals surface area contributed by atoms with Crippen LogP contribution in [0.4, 0.5) is 11.8 Å². The number of nitrogens with one attached hydrogen (secondary N) is 2. The van der Waals surface area contributed by atoms with Gasteiger partial charge >= 0.3 is 0 Å². The number of carbonyl (C=O) groups excluding carboxylic acids is 1. The first-order chi connectivity index (χ1) is 12.7. The molecule has 2 N–H and O–H groups in total. The molecule has 1 fully saturated rings. The number of amides is 1. The number of aromatic nitrogens is 3. The van der Waals surface area contributed by atoms with Crippen LogP contribution >= 0.6 is 0 Å². The molecule has 0 radical (unpaired) electrons. The van der Waals surface area contributed by atoms with Crippen LogP contribution in [0.3, 0.4) is 0 Å². The summed E-state index contributed by atoms with van der Waals surface area (Å²) in [5.41, 5.74) is 1.07. The molecule has 1 aliphatic rings. The van der Waals surface area contributed by atoms with Crippen LogP contribution in [-0.4, -0.2) is 41.1 Å². The van der Waals surface area contributed by atoms with Crippen molar-refractivity contribution in [3.8, 4) is 0 Å². The van der Waals surface area contributed by atoms with E-state index in [0.29, 0.717) is 17.8 Å². The second kappa shape index (κ2) is 9.24. The smallest absolute Gasteiger partial charge is 0.245 e. The topological polar surface area (TPSA) is 89.0 Å². The first-order valence-electron chi connectivity index (χ1n) is 9.01. The molecule has 1 saturated carbocycles. The molecule has 0 aromatic carbocycles. The molecule has 26 heavy (non-hydrogen) atoms. The van der Waals surface area contributed by atoms with E-state index in [1.54, 1.807) is 12.4 Å². The normalized spacial score (nSPS) is 19.7. The molecule has 3 rings (SSSR count). The Labute approximate surface area is 153 Å². The van der Waals surface area contributed by atoms with Crippen molar-refractivity contribution in [3.63, 3.8) is 0 Å². The number of pyridine rings is 1. The van der Waals surface area contributed by atoms with Crippen LogP contribution in [0.5, 0.6) is 0 Å². The van der Waals surface area contributed by atoms with Crippen LogP contribution in [0.2, 0.25) is 0 Å². The highest BCUT2D eigenvalue weighted by Gasteiger charge is 2.24. The molecule has 1 amide bonds. The van der Waals surface area contributed by atoms with Gasteiger partial charge in [0, 0.05) is 37.7 Å². The second-order valence-corrected chi connectivity index (χ2v) is 6.60. The SMILES string of the molecule is COCC(=O)NCC1CCC(c2ccnc(Nc3ccccn3)n2)CC1. The van der Waals surface area contributed by atoms with Gasteiger partial charge in [-0.1, -0.05) is 6.07 Å². The average Bonchev–Trinajstić information content (AvgIpc) is 2.68. The van der Waals surface area contributed by atoms with Gasteiger partial charge in [0.15, 0.2) is 0 Å². The molecule has 0 aliphatic heterocycles. The molecule has 2 aromatic heterocycles. The minimum atomic E-state index is -0.0457. The largest absolute Gasteiger partial charge is 0.375 e. The van der Waals surface area contributed by atoms with Gasteiger partial charge in [-0.15, -0.1) is 0 Å². The molecule has 2 heterocycles. The summed E-state index contributed by atoms with van der Waals surface area (Å²) in [7, 11) is 1.53. The van der Waals surface area contributed by atoms with E-state index in [9.17, 15) is 4.79 Å². The average molecular weight is 355 g/mol. The van der Waals surface area contributed by atoms with Gasteiger partial charge in [-0.25, -0.2) is 15.0 Å². The second-order valence-electron chi connectivity index (χ2n) is 6.60. The predicted molar refractivity (Wildman–Crippen MR) is 99.1 cm³/mol. The van der Waals surface area contributed by atoms with E-state index >= 15 is 0 Å². The van der Waals surface area contributed by atoms with Crippen LogP contribution in [-0.2, 0) is 9.53 Å². The summed E-state index contributed by atoms with van der Waals surface area (Å²) in [5, 5.41) is 6.08. The molecule has 0 spiro atoms. The Morgan fingerprint density at radius 1 is 1.15 bits per heavy atom. The zero-order valence-corrected chi connectivity index (χ0v) is 15.0. The van der Waals surface area contributed by atoms with Crippen LogP contribution in [0.15, 0.2) is 36.7 Å². The highest BCUT2D eigenvalue weighted by molar-refractivity contribution is 5.77. The number of nitrogens with zero attached hydrogens (tertiary/aromatic N) is 3. The minimum absolute atomic E-state index is 0.0457. The Kier molecular flexibility index (Phi) is 6.49. The van der Waals surface area contributed by atoms with Gasteiger partial charge < -0.3 is 15.4 Å². The summed E-state index contributed by atoms with van der Waals surface area (Å²) in [4.78, 5) is 24.7. The Morgan fingerprint density at radius 2 is 2.00 bits per heavy atom. The monoisotopic (exact) mass is 355 g/mol. The summed E-state index contributed by atoms with van der Waals surface area (Å²) < 4.78 is 4.84. The van der Waals surface area contributed by atoms with Crippen molar-refractivity contribution in [2.45, 2.75) is 31.6 Å². The summed E-state index contributed by atoms with van der Waals surface area (Å²) in [5.74, 6) is 2.24. The van der Waals surface area contributed by atoms with Gasteiger partial charge in [0.05, 0.1) is 0 Å². The van der Waals surface area contributed by atoms with E-state index < -0.39 is 0 Å². The van der Waals surface area contributed by atoms with E-state index in [4.69, 9.17) is 4.74 Å². The van der Waals surface area contributed by atoms with Gasteiger partial charge in [-0.05, 0) is 49.8 Å². The number of methoxy groups -OCH3 is 1. The molecule has 7 heteroatoms. The number of rotatable bonds is 7. The lowest BCUT2D eigenvalue weighted by molar-refractivity contribution is -0.124. The lowest BCUT2D eigenvalue weighted by atomic mass is 9.80. The molecule has 1 aliphatic carbocycles. The molecule has 2 aromatic rings. The van der Waals surface area contributed by atoms with Crippen molar-refractivity contribution < 1.29 is 9.53 Å². The molecule has 0 unspecified atom stereocenters. The third-order valence-electron chi connectivity index (χ3n) is 4.71. The van der Waals surface area contributed by atoms with E-state index in [0.717, 1.165) is 43.7 Å². The third-order valence-corrected chi connectivity index (χ3v) is 4.71. The van der Waals surface area contributed by atoms with Crippen molar-refractivity contribution in [3.05, 3.63) is 42.4 Å². The number of hydrogen-bond acceptors (Lipinski definition) is 6. The molecule has 0 saturated heterocycles. The Hall–Kier alpha value is -2.54. The lowest BCUT2D eigenvalue weighted by Crippen LogP contribution is -2.33. The fourth-order valence-electron chi connectivity index (χ4n) is 3.31. The highest BCUT2D eigenvalue weighted by atomic mass is 16.5. The summed E-state index contributed by atoms with van der Waals surface area (Å²) >= 11 is 0. The minimum Gasteiger partial charge on any atom is -0.375 e. The summed E-state index contributed by atoms with van der Waals surface area (Å²) in [6.45, 7) is 0.855. The number of ether oxygens (including phenoxy) is 1. The molecular weight excluding hydrogens is 330 g/mol. The maximum Gasteiger partial charge on any atom is 0.245 e. The first kappa shape index (κ1) is 18.3. The standard InChI is InChI=1S/C19H25N5O2/c1-26-13-18(25)22-12-14-5-7-15(8-6-14)16-9-11-21-19(23-16)24-17-4-2-3-10-20-17/h2-4,9-11,14-15H,5-8,12-13H2,1H3,(H,22,25)(H,20,21,23,24). The zero-order chi connectivity index (χ0) is 18.2. The van der Waals surface area contributed by atoms with E-state index in [2.05, 4.69) is 25.6 Å². The number of hydrogen-bond donors (Lipinski definition) is 2. The summed E-state index contributed by atoms with van der Waals surface area (Å²) in [6.07, 6.45) is 7.86. The van der Waals surface area contributed by atoms with E-state index in [1.807, 2.05) is 24.3 Å². The van der Waals surface area contributed by atoms with Crippen molar-refractivity contribution in [1.29, 1.82) is 0 Å². The van der Waals surface area contributed by atoms with Crippen molar-refractivity contribution in [2.75, 3.05) is 25.6 Å². The van der Waals surface area contributed by atoms with Crippen molar-refractivity contribution in [2.24, 2.45) is 5.92 Å². The van der Waals surface area contributed by atoms with Gasteiger partial charge in [0.25, 0.3) is 0 Å². The Morgan fingerprint density at radius 3 is 2.73 bits per heavy atom. The number of anilines is 2. The van der Waals surface area contributed by atoms with E-state index in [-0.39, 0.29) is 12.5 Å². The molecular formula is C19H25N5O2.